The molecule has 0 aromatic heterocycles. The Morgan fingerprint density at radius 1 is 0.721 bits per heavy atom. The molecule has 0 saturated heterocycles. The maximum Gasteiger partial charge on any atom is 0.537 e. The highest BCUT2D eigenvalue weighted by molar-refractivity contribution is 7.61. The number of benzene rings is 2. The number of hydrogen-bond donors (Lipinski definition) is 5. The Hall–Kier alpha value is -2.23. The molecule has 7 N–H and O–H groups in total. The average Bonchev–Trinajstić information content (AvgIpc) is 2.87. The molecule has 0 amide bonds. The average molecular weight is 645 g/mol. The summed E-state index contributed by atoms with van der Waals surface area (Å²) in [5, 5.41) is 8.33. The molecule has 3 atom stereocenters. The van der Waals surface area contributed by atoms with Gasteiger partial charge in [0, 0.05) is 0 Å². The Bertz CT molecular complexity index is 1150. The highest BCUT2D eigenvalue weighted by atomic mass is 31.3. The van der Waals surface area contributed by atoms with Gasteiger partial charge in [0.15, 0.2) is 0 Å². The van der Waals surface area contributed by atoms with Crippen molar-refractivity contribution in [3.63, 3.8) is 0 Å². The van der Waals surface area contributed by atoms with Crippen molar-refractivity contribution in [2.75, 3.05) is 6.54 Å². The predicted molar refractivity (Wildman–Crippen MR) is 170 cm³/mol. The molecule has 2 aromatic carbocycles. The molecule has 0 saturated carbocycles. The lowest BCUT2D eigenvalue weighted by Gasteiger charge is -2.24. The molecular formula is C30H50N2O9P2. The van der Waals surface area contributed by atoms with Crippen LogP contribution in [-0.4, -0.2) is 33.4 Å². The molecule has 0 fully saturated rings. The van der Waals surface area contributed by atoms with Crippen molar-refractivity contribution in [3.8, 4) is 11.5 Å². The molecule has 244 valence electrons. The van der Waals surface area contributed by atoms with E-state index in [1.54, 1.807) is 24.3 Å². The van der Waals surface area contributed by atoms with Crippen LogP contribution < -0.4 is 20.5 Å². The second-order valence-corrected chi connectivity index (χ2v) is 14.5. The number of carboxylic acid groups (broad SMARTS) is 1. The highest BCUT2D eigenvalue weighted by Gasteiger charge is 2.40. The second kappa shape index (κ2) is 17.3. The third-order valence-corrected chi connectivity index (χ3v) is 9.02. The summed E-state index contributed by atoms with van der Waals surface area (Å²) in [5.41, 5.74) is 13.2. The molecule has 0 radical (unpaired) electrons. The van der Waals surface area contributed by atoms with Crippen molar-refractivity contribution in [1.29, 1.82) is 0 Å². The number of unbranched alkanes of at least 4 members (excludes halogenated alkanes) is 1. The fraction of sp³-hybridized carbons (Fsp3) is 0.567. The normalized spacial score (nSPS) is 15.1. The number of carbonyl (C=O) groups is 1. The molecular weight excluding hydrogens is 594 g/mol. The molecule has 0 aliphatic heterocycles. The van der Waals surface area contributed by atoms with Gasteiger partial charge in [0.1, 0.15) is 17.5 Å². The fourth-order valence-electron chi connectivity index (χ4n) is 4.20. The van der Waals surface area contributed by atoms with Crippen molar-refractivity contribution in [1.82, 2.24) is 0 Å². The minimum atomic E-state index is -5.02. The van der Waals surface area contributed by atoms with Gasteiger partial charge in [0.25, 0.3) is 0 Å². The van der Waals surface area contributed by atoms with Gasteiger partial charge in [-0.05, 0) is 65.3 Å². The van der Waals surface area contributed by atoms with Gasteiger partial charge in [-0.15, -0.1) is 0 Å². The summed E-state index contributed by atoms with van der Waals surface area (Å²) in [5.74, 6) is -0.621. The van der Waals surface area contributed by atoms with Gasteiger partial charge in [-0.25, -0.2) is 9.13 Å². The van der Waals surface area contributed by atoms with Crippen LogP contribution >= 0.6 is 15.6 Å². The first-order valence-electron chi connectivity index (χ1n) is 14.5. The standard InChI is InChI=1S/C24H36O7P2.C6H14N2O2/c1-15(2)19-11-9-12-20(16(3)4)23(19)29-32(25,26)31-33(27,28)30-24-21(17(5)6)13-10-14-22(24)18(7)8;7-4-2-1-3-5(8)6(9)10/h9-18H,1-8H3,(H,25,26)(H,27,28);5H,1-4,7-8H2,(H,9,10). The number of phosphoric acid groups is 2. The van der Waals surface area contributed by atoms with Crippen LogP contribution in [0.15, 0.2) is 36.4 Å². The summed E-state index contributed by atoms with van der Waals surface area (Å²) in [6.45, 7) is 16.0. The summed E-state index contributed by atoms with van der Waals surface area (Å²) >= 11 is 0. The maximum absolute atomic E-state index is 12.9. The molecule has 0 bridgehead atoms. The van der Waals surface area contributed by atoms with Crippen LogP contribution in [0.1, 0.15) is 121 Å². The molecule has 3 unspecified atom stereocenters. The summed E-state index contributed by atoms with van der Waals surface area (Å²) in [6, 6.07) is 10.1. The van der Waals surface area contributed by atoms with E-state index in [-0.39, 0.29) is 35.2 Å². The SMILES string of the molecule is CC(C)c1cccc(C(C)C)c1OP(=O)(O)OP(=O)(O)Oc1c(C(C)C)cccc1C(C)C.NCCCCC(N)C(=O)O. The quantitative estimate of drug-likeness (QED) is 0.0959. The first-order chi connectivity index (χ1) is 19.8. The minimum absolute atomic E-state index is 0.0117. The number of phosphoric ester groups is 2. The molecule has 13 heteroatoms. The lowest BCUT2D eigenvalue weighted by atomic mass is 9.94. The summed E-state index contributed by atoms with van der Waals surface area (Å²) in [4.78, 5) is 31.0. The van der Waals surface area contributed by atoms with Crippen LogP contribution in [0.4, 0.5) is 0 Å². The van der Waals surface area contributed by atoms with Crippen LogP contribution in [0, 0.1) is 0 Å². The van der Waals surface area contributed by atoms with E-state index >= 15 is 0 Å². The van der Waals surface area contributed by atoms with Crippen molar-refractivity contribution < 1.29 is 42.2 Å². The van der Waals surface area contributed by atoms with Crippen LogP contribution in [0.5, 0.6) is 11.5 Å². The summed E-state index contributed by atoms with van der Waals surface area (Å²) < 4.78 is 41.3. The monoisotopic (exact) mass is 644 g/mol. The van der Waals surface area contributed by atoms with E-state index in [1.807, 2.05) is 67.5 Å². The lowest BCUT2D eigenvalue weighted by molar-refractivity contribution is -0.138. The smallest absolute Gasteiger partial charge is 0.480 e. The summed E-state index contributed by atoms with van der Waals surface area (Å²) in [7, 11) is -10.0. The zero-order valence-electron chi connectivity index (χ0n) is 26.5. The van der Waals surface area contributed by atoms with Crippen molar-refractivity contribution >= 4 is 21.6 Å². The van der Waals surface area contributed by atoms with Crippen LogP contribution in [0.2, 0.25) is 0 Å². The van der Waals surface area contributed by atoms with Gasteiger partial charge in [-0.3, -0.25) is 14.6 Å². The Kier molecular flexibility index (Phi) is 15.6. The first-order valence-corrected chi connectivity index (χ1v) is 17.5. The van der Waals surface area contributed by atoms with Gasteiger partial charge in [-0.1, -0.05) is 98.2 Å². The number of para-hydroxylation sites is 2. The molecule has 0 aliphatic rings. The lowest BCUT2D eigenvalue weighted by Crippen LogP contribution is -2.29. The molecule has 0 heterocycles. The third-order valence-electron chi connectivity index (χ3n) is 6.55. The van der Waals surface area contributed by atoms with E-state index in [9.17, 15) is 23.7 Å². The number of hydrogen-bond acceptors (Lipinski definition) is 8. The van der Waals surface area contributed by atoms with Gasteiger partial charge in [0.05, 0.1) is 0 Å². The molecule has 11 nitrogen and oxygen atoms in total. The summed E-state index contributed by atoms with van der Waals surface area (Å²) in [6.07, 6.45) is 2.16. The Balaban J connectivity index is 0.000000790. The number of aliphatic carboxylic acids is 1. The molecule has 2 aromatic rings. The van der Waals surface area contributed by atoms with Crippen LogP contribution in [0.3, 0.4) is 0 Å². The van der Waals surface area contributed by atoms with E-state index in [1.165, 1.54) is 0 Å². The molecule has 0 spiro atoms. The second-order valence-electron chi connectivity index (χ2n) is 11.6. The van der Waals surface area contributed by atoms with Crippen LogP contribution in [0.25, 0.3) is 0 Å². The Morgan fingerprint density at radius 3 is 1.30 bits per heavy atom. The Morgan fingerprint density at radius 2 is 1.05 bits per heavy atom. The van der Waals surface area contributed by atoms with Gasteiger partial charge >= 0.3 is 21.6 Å². The van der Waals surface area contributed by atoms with E-state index in [4.69, 9.17) is 29.9 Å². The zero-order valence-corrected chi connectivity index (χ0v) is 28.3. The van der Waals surface area contributed by atoms with Crippen molar-refractivity contribution in [2.45, 2.75) is 104 Å². The number of carboxylic acids is 1. The van der Waals surface area contributed by atoms with E-state index in [2.05, 4.69) is 0 Å². The minimum Gasteiger partial charge on any atom is -0.480 e. The van der Waals surface area contributed by atoms with Crippen molar-refractivity contribution in [3.05, 3.63) is 58.7 Å². The van der Waals surface area contributed by atoms with E-state index < -0.39 is 27.7 Å². The molecule has 43 heavy (non-hydrogen) atoms. The topological polar surface area (TPSA) is 192 Å². The molecule has 0 aliphatic carbocycles. The van der Waals surface area contributed by atoms with E-state index in [0.717, 1.165) is 12.8 Å². The largest absolute Gasteiger partial charge is 0.537 e. The van der Waals surface area contributed by atoms with Gasteiger partial charge < -0.3 is 25.6 Å². The van der Waals surface area contributed by atoms with Crippen LogP contribution in [-0.2, 0) is 18.2 Å². The number of nitrogens with two attached hydrogens (primary N) is 2. The van der Waals surface area contributed by atoms with Gasteiger partial charge in [0.2, 0.25) is 0 Å². The first kappa shape index (κ1) is 38.8. The predicted octanol–water partition coefficient (Wildman–Crippen LogP) is 7.38. The zero-order chi connectivity index (χ0) is 33.1. The highest BCUT2D eigenvalue weighted by Crippen LogP contribution is 2.61. The maximum atomic E-state index is 12.9. The third kappa shape index (κ3) is 12.7. The number of rotatable bonds is 15. The fourth-order valence-corrected chi connectivity index (χ4v) is 6.40. The molecule has 2 rings (SSSR count). The van der Waals surface area contributed by atoms with E-state index in [0.29, 0.717) is 35.2 Å². The Labute approximate surface area is 256 Å². The van der Waals surface area contributed by atoms with Crippen molar-refractivity contribution in [2.24, 2.45) is 11.5 Å². The van der Waals surface area contributed by atoms with Gasteiger partial charge in [-0.2, -0.15) is 4.31 Å².